The standard InChI is InChI=1S/C12H16N6O/c1-4-17(7-8(2)6-13)10-5-11-15-16-12(19)18(11)9(3)14-10/h5,8H,4,7H2,1-3H3,(H,16,19). The van der Waals surface area contributed by atoms with Crippen molar-refractivity contribution in [2.24, 2.45) is 5.92 Å². The predicted molar refractivity (Wildman–Crippen MR) is 71.0 cm³/mol. The summed E-state index contributed by atoms with van der Waals surface area (Å²) < 4.78 is 1.42. The van der Waals surface area contributed by atoms with Gasteiger partial charge in [0.1, 0.15) is 11.6 Å². The van der Waals surface area contributed by atoms with Gasteiger partial charge in [-0.15, -0.1) is 0 Å². The summed E-state index contributed by atoms with van der Waals surface area (Å²) in [6.45, 7) is 6.97. The maximum Gasteiger partial charge on any atom is 0.349 e. The molecule has 0 aliphatic rings. The zero-order valence-corrected chi connectivity index (χ0v) is 11.2. The summed E-state index contributed by atoms with van der Waals surface area (Å²) >= 11 is 0. The molecule has 1 unspecified atom stereocenters. The summed E-state index contributed by atoms with van der Waals surface area (Å²) in [6, 6.07) is 3.96. The van der Waals surface area contributed by atoms with Crippen LogP contribution in [0, 0.1) is 24.2 Å². The summed E-state index contributed by atoms with van der Waals surface area (Å²) in [4.78, 5) is 17.9. The molecule has 1 atom stereocenters. The van der Waals surface area contributed by atoms with E-state index in [4.69, 9.17) is 5.26 Å². The Morgan fingerprint density at radius 2 is 2.37 bits per heavy atom. The van der Waals surface area contributed by atoms with Gasteiger partial charge in [0.05, 0.1) is 12.0 Å². The van der Waals surface area contributed by atoms with E-state index in [1.165, 1.54) is 4.40 Å². The van der Waals surface area contributed by atoms with Gasteiger partial charge in [-0.3, -0.25) is 0 Å². The smallest absolute Gasteiger partial charge is 0.349 e. The Labute approximate surface area is 110 Å². The van der Waals surface area contributed by atoms with E-state index in [2.05, 4.69) is 21.3 Å². The quantitative estimate of drug-likeness (QED) is 0.874. The Morgan fingerprint density at radius 1 is 1.63 bits per heavy atom. The van der Waals surface area contributed by atoms with Crippen molar-refractivity contribution in [2.45, 2.75) is 20.8 Å². The fraction of sp³-hybridized carbons (Fsp3) is 0.500. The minimum atomic E-state index is -0.292. The fourth-order valence-corrected chi connectivity index (χ4v) is 2.00. The molecule has 100 valence electrons. The van der Waals surface area contributed by atoms with Crippen molar-refractivity contribution in [1.29, 1.82) is 5.26 Å². The first kappa shape index (κ1) is 13.1. The molecule has 19 heavy (non-hydrogen) atoms. The van der Waals surface area contributed by atoms with Gasteiger partial charge in [0.15, 0.2) is 5.65 Å². The molecule has 1 N–H and O–H groups in total. The van der Waals surface area contributed by atoms with Gasteiger partial charge in [0.2, 0.25) is 0 Å². The average molecular weight is 260 g/mol. The molecular weight excluding hydrogens is 244 g/mol. The second kappa shape index (κ2) is 5.10. The molecule has 7 heteroatoms. The van der Waals surface area contributed by atoms with Crippen LogP contribution in [0.25, 0.3) is 5.65 Å². The first-order valence-corrected chi connectivity index (χ1v) is 6.16. The number of anilines is 1. The Morgan fingerprint density at radius 3 is 3.00 bits per heavy atom. The molecule has 0 bridgehead atoms. The van der Waals surface area contributed by atoms with Crippen LogP contribution in [-0.4, -0.2) is 32.7 Å². The number of hydrogen-bond acceptors (Lipinski definition) is 5. The highest BCUT2D eigenvalue weighted by Gasteiger charge is 2.13. The molecular formula is C12H16N6O. The first-order valence-electron chi connectivity index (χ1n) is 6.16. The number of aromatic amines is 1. The summed E-state index contributed by atoms with van der Waals surface area (Å²) in [5, 5.41) is 15.2. The van der Waals surface area contributed by atoms with E-state index in [0.717, 1.165) is 12.4 Å². The zero-order chi connectivity index (χ0) is 14.0. The number of aryl methyl sites for hydroxylation is 1. The van der Waals surface area contributed by atoms with Crippen molar-refractivity contribution in [2.75, 3.05) is 18.0 Å². The van der Waals surface area contributed by atoms with E-state index in [9.17, 15) is 4.79 Å². The molecule has 0 fully saturated rings. The van der Waals surface area contributed by atoms with Gasteiger partial charge in [-0.25, -0.2) is 19.3 Å². The average Bonchev–Trinajstić information content (AvgIpc) is 2.77. The lowest BCUT2D eigenvalue weighted by molar-refractivity contribution is 0.677. The van der Waals surface area contributed by atoms with E-state index in [1.54, 1.807) is 13.0 Å². The molecule has 2 aromatic rings. The molecule has 0 aliphatic heterocycles. The third kappa shape index (κ3) is 2.42. The van der Waals surface area contributed by atoms with Crippen LogP contribution in [0.15, 0.2) is 10.9 Å². The van der Waals surface area contributed by atoms with Crippen molar-refractivity contribution in [3.8, 4) is 6.07 Å². The minimum absolute atomic E-state index is 0.0836. The van der Waals surface area contributed by atoms with Crippen molar-refractivity contribution < 1.29 is 0 Å². The van der Waals surface area contributed by atoms with Crippen LogP contribution in [-0.2, 0) is 0 Å². The highest BCUT2D eigenvalue weighted by Crippen LogP contribution is 2.15. The third-order valence-electron chi connectivity index (χ3n) is 2.98. The topological polar surface area (TPSA) is 90.1 Å². The molecule has 2 aromatic heterocycles. The largest absolute Gasteiger partial charge is 0.355 e. The van der Waals surface area contributed by atoms with Gasteiger partial charge in [-0.05, 0) is 20.8 Å². The number of hydrogen-bond donors (Lipinski definition) is 1. The number of nitriles is 1. The minimum Gasteiger partial charge on any atom is -0.355 e. The van der Waals surface area contributed by atoms with E-state index in [1.807, 2.05) is 18.7 Å². The summed E-state index contributed by atoms with van der Waals surface area (Å²) in [5.74, 6) is 1.22. The van der Waals surface area contributed by atoms with E-state index >= 15 is 0 Å². The molecule has 0 aliphatic carbocycles. The SMILES string of the molecule is CCN(CC(C)C#N)c1cc2n[nH]c(=O)n2c(C)n1. The van der Waals surface area contributed by atoms with Crippen LogP contribution in [0.2, 0.25) is 0 Å². The number of rotatable bonds is 4. The van der Waals surface area contributed by atoms with Gasteiger partial charge >= 0.3 is 5.69 Å². The monoisotopic (exact) mass is 260 g/mol. The number of aromatic nitrogens is 4. The normalized spacial score (nSPS) is 12.3. The number of nitrogens with one attached hydrogen (secondary N) is 1. The molecule has 2 heterocycles. The maximum atomic E-state index is 11.5. The maximum absolute atomic E-state index is 11.5. The van der Waals surface area contributed by atoms with Gasteiger partial charge in [0, 0.05) is 19.2 Å². The van der Waals surface area contributed by atoms with Crippen LogP contribution in [0.5, 0.6) is 0 Å². The molecule has 0 amide bonds. The van der Waals surface area contributed by atoms with Crippen molar-refractivity contribution in [3.63, 3.8) is 0 Å². The van der Waals surface area contributed by atoms with Crippen LogP contribution in [0.4, 0.5) is 5.82 Å². The van der Waals surface area contributed by atoms with E-state index in [0.29, 0.717) is 18.0 Å². The second-order valence-electron chi connectivity index (χ2n) is 4.45. The van der Waals surface area contributed by atoms with Crippen molar-refractivity contribution in [1.82, 2.24) is 19.6 Å². The van der Waals surface area contributed by atoms with Crippen LogP contribution >= 0.6 is 0 Å². The number of fused-ring (bicyclic) bond motifs is 1. The van der Waals surface area contributed by atoms with Gasteiger partial charge in [0.25, 0.3) is 0 Å². The Bertz CT molecular complexity index is 680. The summed E-state index contributed by atoms with van der Waals surface area (Å²) in [5.41, 5.74) is 0.246. The van der Waals surface area contributed by atoms with E-state index < -0.39 is 0 Å². The predicted octanol–water partition coefficient (Wildman–Crippen LogP) is 0.712. The first-order chi connectivity index (χ1) is 9.06. The third-order valence-corrected chi connectivity index (χ3v) is 2.98. The number of H-pyrrole nitrogens is 1. The lowest BCUT2D eigenvalue weighted by Gasteiger charge is -2.23. The van der Waals surface area contributed by atoms with Crippen molar-refractivity contribution >= 4 is 11.5 Å². The number of nitrogens with zero attached hydrogens (tertiary/aromatic N) is 5. The summed E-state index contributed by atoms with van der Waals surface area (Å²) in [7, 11) is 0. The van der Waals surface area contributed by atoms with Crippen LogP contribution in [0.3, 0.4) is 0 Å². The molecule has 0 spiro atoms. The molecule has 0 radical (unpaired) electrons. The molecule has 0 saturated carbocycles. The van der Waals surface area contributed by atoms with Gasteiger partial charge in [-0.1, -0.05) is 0 Å². The van der Waals surface area contributed by atoms with Gasteiger partial charge < -0.3 is 4.90 Å². The highest BCUT2D eigenvalue weighted by molar-refractivity contribution is 5.51. The lowest BCUT2D eigenvalue weighted by atomic mass is 10.2. The van der Waals surface area contributed by atoms with E-state index in [-0.39, 0.29) is 11.6 Å². The van der Waals surface area contributed by atoms with Gasteiger partial charge in [-0.2, -0.15) is 10.4 Å². The van der Waals surface area contributed by atoms with Crippen LogP contribution < -0.4 is 10.6 Å². The fourth-order valence-electron chi connectivity index (χ4n) is 2.00. The molecule has 0 saturated heterocycles. The Kier molecular flexibility index (Phi) is 3.51. The van der Waals surface area contributed by atoms with Crippen LogP contribution in [0.1, 0.15) is 19.7 Å². The Hall–Kier alpha value is -2.36. The second-order valence-corrected chi connectivity index (χ2v) is 4.45. The molecule has 7 nitrogen and oxygen atoms in total. The zero-order valence-electron chi connectivity index (χ0n) is 11.2. The molecule has 0 aromatic carbocycles. The lowest BCUT2D eigenvalue weighted by Crippen LogP contribution is -2.29. The highest BCUT2D eigenvalue weighted by atomic mass is 16.1. The van der Waals surface area contributed by atoms with Crippen molar-refractivity contribution in [3.05, 3.63) is 22.4 Å². The summed E-state index contributed by atoms with van der Waals surface area (Å²) in [6.07, 6.45) is 0. The Balaban J connectivity index is 2.44. The molecule has 2 rings (SSSR count).